The van der Waals surface area contributed by atoms with Gasteiger partial charge in [0, 0.05) is 5.56 Å². The molecule has 0 bridgehead atoms. The Kier molecular flexibility index (Phi) is 4.11. The van der Waals surface area contributed by atoms with Gasteiger partial charge in [0.05, 0.1) is 11.1 Å². The van der Waals surface area contributed by atoms with Crippen molar-refractivity contribution in [3.63, 3.8) is 0 Å². The van der Waals surface area contributed by atoms with E-state index in [1.54, 1.807) is 42.5 Å². The molecule has 0 spiro atoms. The standard InChI is InChI=1S/C16H12FNO2/c1-11(19)14-7-2-3-8-15(14)20-10-13-6-4-5-12(9-18)16(13)17/h2-8H,10H2,1H3. The number of para-hydroxylation sites is 1. The molecule has 2 rings (SSSR count). The van der Waals surface area contributed by atoms with Gasteiger partial charge in [-0.1, -0.05) is 24.3 Å². The van der Waals surface area contributed by atoms with Gasteiger partial charge >= 0.3 is 0 Å². The highest BCUT2D eigenvalue weighted by atomic mass is 19.1. The number of ketones is 1. The Bertz CT molecular complexity index is 689. The van der Waals surface area contributed by atoms with Crippen molar-refractivity contribution in [1.29, 1.82) is 5.26 Å². The van der Waals surface area contributed by atoms with E-state index in [-0.39, 0.29) is 23.5 Å². The molecule has 2 aromatic carbocycles. The third-order valence-electron chi connectivity index (χ3n) is 2.85. The largest absolute Gasteiger partial charge is 0.488 e. The summed E-state index contributed by atoms with van der Waals surface area (Å²) in [6, 6.07) is 13.1. The normalized spacial score (nSPS) is 9.85. The minimum absolute atomic E-state index is 0.0223. The third kappa shape index (κ3) is 2.83. The van der Waals surface area contributed by atoms with Crippen LogP contribution >= 0.6 is 0 Å². The number of nitrogens with zero attached hydrogens (tertiary/aromatic N) is 1. The molecule has 0 saturated heterocycles. The van der Waals surface area contributed by atoms with Gasteiger partial charge in [0.25, 0.3) is 0 Å². The summed E-state index contributed by atoms with van der Waals surface area (Å²) in [6.45, 7) is 1.41. The van der Waals surface area contributed by atoms with Gasteiger partial charge in [-0.2, -0.15) is 5.26 Å². The van der Waals surface area contributed by atoms with Crippen LogP contribution in [0.2, 0.25) is 0 Å². The summed E-state index contributed by atoms with van der Waals surface area (Å²) in [7, 11) is 0. The predicted molar refractivity (Wildman–Crippen MR) is 71.9 cm³/mol. The smallest absolute Gasteiger partial charge is 0.163 e. The molecular formula is C16H12FNO2. The van der Waals surface area contributed by atoms with Gasteiger partial charge in [-0.15, -0.1) is 0 Å². The van der Waals surface area contributed by atoms with E-state index in [0.29, 0.717) is 11.3 Å². The Balaban J connectivity index is 2.22. The fourth-order valence-electron chi connectivity index (χ4n) is 1.82. The molecule has 100 valence electrons. The van der Waals surface area contributed by atoms with E-state index in [1.807, 2.05) is 0 Å². The van der Waals surface area contributed by atoms with Crippen molar-refractivity contribution in [3.8, 4) is 11.8 Å². The minimum Gasteiger partial charge on any atom is -0.488 e. The molecule has 0 unspecified atom stereocenters. The topological polar surface area (TPSA) is 50.1 Å². The minimum atomic E-state index is -0.588. The van der Waals surface area contributed by atoms with Crippen molar-refractivity contribution < 1.29 is 13.9 Å². The molecule has 2 aromatic rings. The second-order valence-electron chi connectivity index (χ2n) is 4.23. The maximum Gasteiger partial charge on any atom is 0.163 e. The summed E-state index contributed by atoms with van der Waals surface area (Å²) in [5, 5.41) is 8.77. The Labute approximate surface area is 116 Å². The van der Waals surface area contributed by atoms with Gasteiger partial charge < -0.3 is 4.74 Å². The van der Waals surface area contributed by atoms with Gasteiger partial charge in [-0.25, -0.2) is 4.39 Å². The van der Waals surface area contributed by atoms with Crippen LogP contribution in [0.15, 0.2) is 42.5 Å². The van der Waals surface area contributed by atoms with Crippen molar-refractivity contribution in [2.45, 2.75) is 13.5 Å². The molecule has 0 fully saturated rings. The van der Waals surface area contributed by atoms with Crippen LogP contribution in [0.4, 0.5) is 4.39 Å². The first-order valence-electron chi connectivity index (χ1n) is 6.03. The molecule has 0 N–H and O–H groups in total. The van der Waals surface area contributed by atoms with E-state index in [9.17, 15) is 9.18 Å². The average Bonchev–Trinajstić information content (AvgIpc) is 2.46. The number of benzene rings is 2. The van der Waals surface area contributed by atoms with E-state index in [0.717, 1.165) is 0 Å². The van der Waals surface area contributed by atoms with Crippen LogP contribution in [-0.4, -0.2) is 5.78 Å². The first-order chi connectivity index (χ1) is 9.63. The molecule has 3 nitrogen and oxygen atoms in total. The molecular weight excluding hydrogens is 257 g/mol. The molecule has 0 heterocycles. The van der Waals surface area contributed by atoms with Crippen LogP contribution in [0.1, 0.15) is 28.4 Å². The van der Waals surface area contributed by atoms with Gasteiger partial charge in [0.2, 0.25) is 0 Å². The van der Waals surface area contributed by atoms with Crippen molar-refractivity contribution in [3.05, 3.63) is 65.0 Å². The Morgan fingerprint density at radius 1 is 1.25 bits per heavy atom. The van der Waals surface area contributed by atoms with Crippen LogP contribution in [0.25, 0.3) is 0 Å². The van der Waals surface area contributed by atoms with E-state index in [1.165, 1.54) is 13.0 Å². The number of hydrogen-bond donors (Lipinski definition) is 0. The number of halogens is 1. The van der Waals surface area contributed by atoms with Crippen molar-refractivity contribution in [2.24, 2.45) is 0 Å². The molecule has 0 radical (unpaired) electrons. The number of hydrogen-bond acceptors (Lipinski definition) is 3. The van der Waals surface area contributed by atoms with Crippen LogP contribution in [0, 0.1) is 17.1 Å². The zero-order chi connectivity index (χ0) is 14.5. The number of nitriles is 1. The summed E-state index contributed by atoms with van der Waals surface area (Å²) in [4.78, 5) is 11.4. The highest BCUT2D eigenvalue weighted by Crippen LogP contribution is 2.21. The Hall–Kier alpha value is -2.67. The van der Waals surface area contributed by atoms with Gasteiger partial charge in [0.1, 0.15) is 24.2 Å². The summed E-state index contributed by atoms with van der Waals surface area (Å²) in [5.74, 6) is -0.302. The fraction of sp³-hybridized carbons (Fsp3) is 0.125. The second kappa shape index (κ2) is 5.98. The van der Waals surface area contributed by atoms with Gasteiger partial charge in [-0.05, 0) is 25.1 Å². The Morgan fingerprint density at radius 2 is 2.00 bits per heavy atom. The summed E-state index contributed by atoms with van der Waals surface area (Å²) in [6.07, 6.45) is 0. The highest BCUT2D eigenvalue weighted by Gasteiger charge is 2.11. The maximum atomic E-state index is 13.9. The molecule has 0 aromatic heterocycles. The second-order valence-corrected chi connectivity index (χ2v) is 4.23. The average molecular weight is 269 g/mol. The molecule has 0 atom stereocenters. The van der Waals surface area contributed by atoms with Crippen molar-refractivity contribution in [1.82, 2.24) is 0 Å². The number of carbonyl (C=O) groups is 1. The molecule has 0 aliphatic heterocycles. The molecule has 0 amide bonds. The highest BCUT2D eigenvalue weighted by molar-refractivity contribution is 5.96. The van der Waals surface area contributed by atoms with E-state index in [4.69, 9.17) is 10.00 Å². The number of Topliss-reactive ketones (excluding diaryl/α,β-unsaturated/α-hetero) is 1. The Morgan fingerprint density at radius 3 is 2.70 bits per heavy atom. The van der Waals surface area contributed by atoms with Gasteiger partial charge in [-0.3, -0.25) is 4.79 Å². The van der Waals surface area contributed by atoms with E-state index >= 15 is 0 Å². The SMILES string of the molecule is CC(=O)c1ccccc1OCc1cccc(C#N)c1F. The number of carbonyl (C=O) groups excluding carboxylic acids is 1. The molecule has 4 heteroatoms. The van der Waals surface area contributed by atoms with Crippen molar-refractivity contribution in [2.75, 3.05) is 0 Å². The van der Waals surface area contributed by atoms with E-state index < -0.39 is 5.82 Å². The first-order valence-corrected chi connectivity index (χ1v) is 6.03. The number of rotatable bonds is 4. The molecule has 20 heavy (non-hydrogen) atoms. The zero-order valence-corrected chi connectivity index (χ0v) is 10.9. The fourth-order valence-corrected chi connectivity index (χ4v) is 1.82. The summed E-state index contributed by atoms with van der Waals surface area (Å²) >= 11 is 0. The summed E-state index contributed by atoms with van der Waals surface area (Å²) in [5.41, 5.74) is 0.706. The molecule has 0 aliphatic rings. The molecule has 0 saturated carbocycles. The van der Waals surface area contributed by atoms with Gasteiger partial charge in [0.15, 0.2) is 5.78 Å². The lowest BCUT2D eigenvalue weighted by molar-refractivity contribution is 0.101. The van der Waals surface area contributed by atoms with Crippen LogP contribution < -0.4 is 4.74 Å². The lowest BCUT2D eigenvalue weighted by Crippen LogP contribution is -2.03. The number of ether oxygens (including phenoxy) is 1. The quantitative estimate of drug-likeness (QED) is 0.798. The first kappa shape index (κ1) is 13.8. The van der Waals surface area contributed by atoms with Crippen LogP contribution in [0.3, 0.4) is 0 Å². The maximum absolute atomic E-state index is 13.9. The monoisotopic (exact) mass is 269 g/mol. The van der Waals surface area contributed by atoms with E-state index in [2.05, 4.69) is 0 Å². The van der Waals surface area contributed by atoms with Crippen molar-refractivity contribution >= 4 is 5.78 Å². The predicted octanol–water partition coefficient (Wildman–Crippen LogP) is 3.48. The summed E-state index contributed by atoms with van der Waals surface area (Å²) < 4.78 is 19.4. The lowest BCUT2D eigenvalue weighted by Gasteiger charge is -2.10. The van der Waals surface area contributed by atoms with Crippen LogP contribution in [0.5, 0.6) is 5.75 Å². The zero-order valence-electron chi connectivity index (χ0n) is 10.9. The third-order valence-corrected chi connectivity index (χ3v) is 2.85. The van der Waals surface area contributed by atoms with Crippen LogP contribution in [-0.2, 0) is 6.61 Å². The lowest BCUT2D eigenvalue weighted by atomic mass is 10.1. The molecule has 0 aliphatic carbocycles.